The minimum Gasteiger partial charge on any atom is -0.378 e. The van der Waals surface area contributed by atoms with Crippen molar-refractivity contribution in [2.24, 2.45) is 0 Å². The van der Waals surface area contributed by atoms with Crippen molar-refractivity contribution in [2.75, 3.05) is 57.9 Å². The first-order chi connectivity index (χ1) is 11.7. The Balaban J connectivity index is 1.54. The second kappa shape index (κ2) is 7.92. The van der Waals surface area contributed by atoms with Gasteiger partial charge in [-0.3, -0.25) is 14.6 Å². The van der Waals surface area contributed by atoms with Crippen LogP contribution in [0.25, 0.3) is 0 Å². The molecule has 0 bridgehead atoms. The van der Waals surface area contributed by atoms with E-state index < -0.39 is 0 Å². The van der Waals surface area contributed by atoms with Gasteiger partial charge in [0.25, 0.3) is 5.91 Å². The van der Waals surface area contributed by atoms with Crippen molar-refractivity contribution < 1.29 is 9.53 Å². The Morgan fingerprint density at radius 1 is 1.21 bits per heavy atom. The Morgan fingerprint density at radius 3 is 2.42 bits per heavy atom. The molecule has 0 atom stereocenters. The lowest BCUT2D eigenvalue weighted by Crippen LogP contribution is -2.56. The lowest BCUT2D eigenvalue weighted by Gasteiger charge is -2.42. The number of anilines is 1. The number of carbonyl (C=O) groups is 1. The van der Waals surface area contributed by atoms with Crippen LogP contribution in [0.1, 0.15) is 6.92 Å². The zero-order chi connectivity index (χ0) is 16.9. The molecule has 1 aromatic rings. The normalized spacial score (nSPS) is 20.7. The molecule has 2 fully saturated rings. The Morgan fingerprint density at radius 2 is 1.88 bits per heavy atom. The predicted molar refractivity (Wildman–Crippen MR) is 96.2 cm³/mol. The Bertz CT molecular complexity index is 576. The van der Waals surface area contributed by atoms with Crippen LogP contribution < -0.4 is 4.90 Å². The highest BCUT2D eigenvalue weighted by Gasteiger charge is 2.29. The number of hydrogen-bond donors (Lipinski definition) is 0. The van der Waals surface area contributed by atoms with E-state index in [1.165, 1.54) is 0 Å². The first-order valence-electron chi connectivity index (χ1n) is 8.71. The summed E-state index contributed by atoms with van der Waals surface area (Å²) in [7, 11) is 1.84. The molecule has 0 aromatic heterocycles. The smallest absolute Gasteiger partial charge is 0.254 e. The number of piperazine rings is 1. The summed E-state index contributed by atoms with van der Waals surface area (Å²) in [5.74, 6) is 0.0820. The van der Waals surface area contributed by atoms with Crippen molar-refractivity contribution in [3.8, 4) is 0 Å². The van der Waals surface area contributed by atoms with Gasteiger partial charge >= 0.3 is 0 Å². The minimum atomic E-state index is 0.0820. The summed E-state index contributed by atoms with van der Waals surface area (Å²) < 4.78 is 5.28. The average molecular weight is 329 g/mol. The molecule has 5 heteroatoms. The van der Waals surface area contributed by atoms with E-state index in [-0.39, 0.29) is 5.91 Å². The van der Waals surface area contributed by atoms with Crippen LogP contribution >= 0.6 is 0 Å². The van der Waals surface area contributed by atoms with Gasteiger partial charge in [0, 0.05) is 51.0 Å². The molecule has 1 amide bonds. The number of ether oxygens (including phenoxy) is 1. The minimum absolute atomic E-state index is 0.0820. The molecule has 2 heterocycles. The summed E-state index contributed by atoms with van der Waals surface area (Å²) in [6.45, 7) is 8.57. The lowest BCUT2D eigenvalue weighted by molar-refractivity contribution is -0.115. The molecule has 0 saturated carbocycles. The van der Waals surface area contributed by atoms with E-state index in [4.69, 9.17) is 4.74 Å². The number of allylic oxidation sites excluding steroid dienone is 1. The third-order valence-electron chi connectivity index (χ3n) is 5.01. The number of carbonyl (C=O) groups excluding carboxylic acids is 1. The van der Waals surface area contributed by atoms with Crippen LogP contribution in [0.3, 0.4) is 0 Å². The van der Waals surface area contributed by atoms with Gasteiger partial charge in [-0.15, -0.1) is 0 Å². The molecule has 0 aliphatic carbocycles. The summed E-state index contributed by atoms with van der Waals surface area (Å²) in [6.07, 6.45) is 1.95. The second-order valence-electron chi connectivity index (χ2n) is 6.52. The van der Waals surface area contributed by atoms with Crippen LogP contribution in [0.15, 0.2) is 42.0 Å². The van der Waals surface area contributed by atoms with Crippen molar-refractivity contribution >= 4 is 11.6 Å². The molecule has 3 rings (SSSR count). The topological polar surface area (TPSA) is 36.0 Å². The molecule has 24 heavy (non-hydrogen) atoms. The molecule has 130 valence electrons. The number of likely N-dealkylation sites (N-methyl/N-ethyl adjacent to an activating group) is 1. The monoisotopic (exact) mass is 329 g/mol. The van der Waals surface area contributed by atoms with Crippen LogP contribution in [-0.4, -0.2) is 74.7 Å². The van der Waals surface area contributed by atoms with Gasteiger partial charge in [-0.2, -0.15) is 0 Å². The van der Waals surface area contributed by atoms with Crippen LogP contribution in [0, 0.1) is 0 Å². The standard InChI is InChI=1S/C19H27N3O2/c1-3-16(19(23)20(2)17-7-5-4-6-8-17)13-21-9-11-22(12-10-21)18-14-24-15-18/h3-8,18H,9-15H2,1-2H3/b16-3+. The fourth-order valence-electron chi connectivity index (χ4n) is 3.23. The number of para-hydroxylation sites is 1. The maximum Gasteiger partial charge on any atom is 0.254 e. The van der Waals surface area contributed by atoms with Gasteiger partial charge in [-0.25, -0.2) is 0 Å². The molecular formula is C19H27N3O2. The maximum absolute atomic E-state index is 12.8. The first-order valence-corrected chi connectivity index (χ1v) is 8.71. The fraction of sp³-hybridized carbons (Fsp3) is 0.526. The predicted octanol–water partition coefficient (Wildman–Crippen LogP) is 1.61. The average Bonchev–Trinajstić information content (AvgIpc) is 2.59. The molecular weight excluding hydrogens is 302 g/mol. The van der Waals surface area contributed by atoms with Crippen LogP contribution in [0.4, 0.5) is 5.69 Å². The number of rotatable bonds is 5. The van der Waals surface area contributed by atoms with Crippen molar-refractivity contribution in [3.05, 3.63) is 42.0 Å². The van der Waals surface area contributed by atoms with Crippen LogP contribution in [0.2, 0.25) is 0 Å². The molecule has 0 unspecified atom stereocenters. The van der Waals surface area contributed by atoms with Gasteiger partial charge in [0.15, 0.2) is 0 Å². The van der Waals surface area contributed by atoms with Gasteiger partial charge in [0.05, 0.1) is 19.3 Å². The first kappa shape index (κ1) is 17.1. The van der Waals surface area contributed by atoms with Crippen molar-refractivity contribution in [1.29, 1.82) is 0 Å². The summed E-state index contributed by atoms with van der Waals surface area (Å²) >= 11 is 0. The number of benzene rings is 1. The molecule has 5 nitrogen and oxygen atoms in total. The third-order valence-corrected chi connectivity index (χ3v) is 5.01. The lowest BCUT2D eigenvalue weighted by atomic mass is 10.1. The summed E-state index contributed by atoms with van der Waals surface area (Å²) in [4.78, 5) is 19.4. The van der Waals surface area contributed by atoms with Gasteiger partial charge in [0.2, 0.25) is 0 Å². The third kappa shape index (κ3) is 3.86. The van der Waals surface area contributed by atoms with Gasteiger partial charge in [-0.1, -0.05) is 24.3 Å². The van der Waals surface area contributed by atoms with E-state index in [9.17, 15) is 4.79 Å². The summed E-state index contributed by atoms with van der Waals surface area (Å²) in [5.41, 5.74) is 1.79. The summed E-state index contributed by atoms with van der Waals surface area (Å²) in [5, 5.41) is 0. The van der Waals surface area contributed by atoms with E-state index >= 15 is 0 Å². The highest BCUT2D eigenvalue weighted by molar-refractivity contribution is 6.05. The molecule has 0 spiro atoms. The molecule has 1 aromatic carbocycles. The highest BCUT2D eigenvalue weighted by atomic mass is 16.5. The zero-order valence-corrected chi connectivity index (χ0v) is 14.6. The molecule has 0 radical (unpaired) electrons. The number of nitrogens with zero attached hydrogens (tertiary/aromatic N) is 3. The highest BCUT2D eigenvalue weighted by Crippen LogP contribution is 2.17. The van der Waals surface area contributed by atoms with Crippen LogP contribution in [0.5, 0.6) is 0 Å². The summed E-state index contributed by atoms with van der Waals surface area (Å²) in [6, 6.07) is 10.4. The maximum atomic E-state index is 12.8. The Hall–Kier alpha value is -1.69. The van der Waals surface area contributed by atoms with E-state index in [0.29, 0.717) is 6.04 Å². The van der Waals surface area contributed by atoms with Gasteiger partial charge in [-0.05, 0) is 19.1 Å². The molecule has 2 saturated heterocycles. The molecule has 2 aliphatic heterocycles. The second-order valence-corrected chi connectivity index (χ2v) is 6.52. The number of amides is 1. The fourth-order valence-corrected chi connectivity index (χ4v) is 3.23. The quantitative estimate of drug-likeness (QED) is 0.769. The Kier molecular flexibility index (Phi) is 5.66. The van der Waals surface area contributed by atoms with E-state index in [2.05, 4.69) is 9.80 Å². The van der Waals surface area contributed by atoms with E-state index in [1.807, 2.05) is 50.4 Å². The van der Waals surface area contributed by atoms with Crippen LogP contribution in [-0.2, 0) is 9.53 Å². The van der Waals surface area contributed by atoms with Gasteiger partial charge < -0.3 is 9.64 Å². The van der Waals surface area contributed by atoms with E-state index in [0.717, 1.165) is 57.2 Å². The molecule has 2 aliphatic rings. The Labute approximate surface area is 144 Å². The SMILES string of the molecule is C/C=C(\CN1CCN(C2COC2)CC1)C(=O)N(C)c1ccccc1. The van der Waals surface area contributed by atoms with Crippen molar-refractivity contribution in [2.45, 2.75) is 13.0 Å². The van der Waals surface area contributed by atoms with Crippen molar-refractivity contribution in [3.63, 3.8) is 0 Å². The largest absolute Gasteiger partial charge is 0.378 e. The van der Waals surface area contributed by atoms with Gasteiger partial charge in [0.1, 0.15) is 0 Å². The number of hydrogen-bond acceptors (Lipinski definition) is 4. The molecule has 0 N–H and O–H groups in total. The van der Waals surface area contributed by atoms with Crippen molar-refractivity contribution in [1.82, 2.24) is 9.80 Å². The zero-order valence-electron chi connectivity index (χ0n) is 14.6. The van der Waals surface area contributed by atoms with E-state index in [1.54, 1.807) is 4.90 Å².